The van der Waals surface area contributed by atoms with Crippen LogP contribution < -0.4 is 0 Å². The quantitative estimate of drug-likeness (QED) is 0.172. The van der Waals surface area contributed by atoms with E-state index in [1.807, 2.05) is 0 Å². The molecule has 11 aromatic rings. The molecule has 0 fully saturated rings. The van der Waals surface area contributed by atoms with Gasteiger partial charge in [0.05, 0.1) is 34.3 Å². The lowest BCUT2D eigenvalue weighted by Crippen LogP contribution is -1.91. The van der Waals surface area contributed by atoms with E-state index >= 15 is 0 Å². The Bertz CT molecular complexity index is 4390. The maximum atomic E-state index is 10.3. The van der Waals surface area contributed by atoms with E-state index in [0.29, 0.717) is 0 Å². The molecule has 11 aromatic carbocycles. The zero-order valence-corrected chi connectivity index (χ0v) is 23.1. The van der Waals surface area contributed by atoms with E-state index in [-0.39, 0.29) is 37.7 Å². The van der Waals surface area contributed by atoms with Crippen LogP contribution in [0.4, 0.5) is 0 Å². The minimum Gasteiger partial charge on any atom is -0.0616 e. The van der Waals surface area contributed by atoms with Crippen LogP contribution in [-0.4, -0.2) is 0 Å². The Kier molecular flexibility index (Phi) is 2.07. The summed E-state index contributed by atoms with van der Waals surface area (Å²) in [4.78, 5) is 0. The lowest BCUT2D eigenvalue weighted by atomic mass is 9.84. The molecule has 0 radical (unpaired) electrons. The fourth-order valence-corrected chi connectivity index (χ4v) is 6.48. The third-order valence-corrected chi connectivity index (χ3v) is 8.45. The molecule has 0 bridgehead atoms. The molecule has 0 aliphatic rings. The van der Waals surface area contributed by atoms with Gasteiger partial charge in [0.1, 0.15) is 0 Å². The molecule has 0 N–H and O–H groups in total. The van der Waals surface area contributed by atoms with Gasteiger partial charge in [-0.2, -0.15) is 0 Å². The minimum atomic E-state index is -0.928. The van der Waals surface area contributed by atoms with Crippen LogP contribution in [0.3, 0.4) is 0 Å². The van der Waals surface area contributed by atoms with Crippen molar-refractivity contribution in [2.75, 3.05) is 0 Å². The molecule has 0 amide bonds. The van der Waals surface area contributed by atoms with Crippen LogP contribution in [0, 0.1) is 0 Å². The molecule has 0 atom stereocenters. The fraction of sp³-hybridized carbons (Fsp3) is 0. The van der Waals surface area contributed by atoms with Crippen LogP contribution in [-0.2, 0) is 0 Å². The van der Waals surface area contributed by atoms with Gasteiger partial charge in [0.2, 0.25) is 0 Å². The normalized spacial score (nSPS) is 20.0. The number of benzene rings is 11. The fourth-order valence-electron chi connectivity index (χ4n) is 6.48. The van der Waals surface area contributed by atoms with Crippen LogP contribution in [0.1, 0.15) is 34.3 Å². The Labute approximate surface area is 300 Å². The summed E-state index contributed by atoms with van der Waals surface area (Å²) in [5.41, 5.74) is -2.54. The topological polar surface area (TPSA) is 0 Å². The third kappa shape index (κ3) is 3.18. The lowest BCUT2D eigenvalue weighted by Gasteiger charge is -2.19. The first-order chi connectivity index (χ1) is 33.3. The maximum absolute atomic E-state index is 10.3. The van der Waals surface area contributed by atoms with Crippen molar-refractivity contribution < 1.29 is 34.3 Å². The summed E-state index contributed by atoms with van der Waals surface area (Å²) in [6, 6.07) is -18.1. The third-order valence-electron chi connectivity index (χ3n) is 8.45. The van der Waals surface area contributed by atoms with E-state index < -0.39 is 222 Å². The first-order valence-corrected chi connectivity index (χ1v) is 14.1. The molecular formula is C46H26. The number of hydrogen-bond donors (Lipinski definition) is 0. The first-order valence-electron chi connectivity index (χ1n) is 26.6. The molecule has 0 aliphatic carbocycles. The second-order valence-corrected chi connectivity index (χ2v) is 10.8. The Morgan fingerprint density at radius 1 is 0.283 bits per heavy atom. The number of rotatable bonds is 2. The highest BCUT2D eigenvalue weighted by atomic mass is 14.2. The molecule has 0 spiro atoms. The maximum Gasteiger partial charge on any atom is 0.0636 e. The monoisotopic (exact) mass is 603 g/mol. The molecule has 0 aliphatic heterocycles. The van der Waals surface area contributed by atoms with Gasteiger partial charge in [-0.3, -0.25) is 0 Å². The Hall–Kier alpha value is -5.98. The molecule has 0 saturated heterocycles. The molecule has 210 valence electrons. The number of fused-ring (bicyclic) bond motifs is 3. The second kappa shape index (κ2) is 8.81. The molecular weight excluding hydrogens is 553 g/mol. The second-order valence-electron chi connectivity index (χ2n) is 10.8. The van der Waals surface area contributed by atoms with Gasteiger partial charge in [-0.15, -0.1) is 0 Å². The van der Waals surface area contributed by atoms with Crippen molar-refractivity contribution >= 4 is 86.2 Å². The van der Waals surface area contributed by atoms with E-state index in [9.17, 15) is 16.4 Å². The van der Waals surface area contributed by atoms with Gasteiger partial charge < -0.3 is 0 Å². The van der Waals surface area contributed by atoms with Crippen molar-refractivity contribution in [2.24, 2.45) is 0 Å². The zero-order valence-electron chi connectivity index (χ0n) is 48.1. The predicted molar refractivity (Wildman–Crippen MR) is 200 cm³/mol. The van der Waals surface area contributed by atoms with Crippen molar-refractivity contribution in [3.63, 3.8) is 0 Å². The summed E-state index contributed by atoms with van der Waals surface area (Å²) < 4.78 is 229. The van der Waals surface area contributed by atoms with Crippen LogP contribution in [0.15, 0.2) is 157 Å². The van der Waals surface area contributed by atoms with Crippen molar-refractivity contribution in [1.29, 1.82) is 0 Å². The van der Waals surface area contributed by atoms with Crippen molar-refractivity contribution in [3.8, 4) is 22.3 Å². The largest absolute Gasteiger partial charge is 0.0636 e. The molecule has 0 aromatic heterocycles. The van der Waals surface area contributed by atoms with Crippen molar-refractivity contribution in [2.45, 2.75) is 0 Å². The highest BCUT2D eigenvalue weighted by Crippen LogP contribution is 2.46. The number of hydrogen-bond acceptors (Lipinski definition) is 0. The molecule has 11 rings (SSSR count). The summed E-state index contributed by atoms with van der Waals surface area (Å²) >= 11 is 0. The highest BCUT2D eigenvalue weighted by molar-refractivity contribution is 6.29. The van der Waals surface area contributed by atoms with Crippen LogP contribution in [0.5, 0.6) is 0 Å². The molecule has 0 heterocycles. The summed E-state index contributed by atoms with van der Waals surface area (Å²) in [5.74, 6) is 0. The Morgan fingerprint density at radius 2 is 0.804 bits per heavy atom. The minimum absolute atomic E-state index is 0.171. The summed E-state index contributed by atoms with van der Waals surface area (Å²) in [5, 5.41) is -6.41. The van der Waals surface area contributed by atoms with Gasteiger partial charge in [0.15, 0.2) is 0 Å². The van der Waals surface area contributed by atoms with Gasteiger partial charge in [0, 0.05) is 0 Å². The van der Waals surface area contributed by atoms with Crippen LogP contribution in [0.25, 0.3) is 108 Å². The van der Waals surface area contributed by atoms with Crippen molar-refractivity contribution in [3.05, 3.63) is 157 Å². The summed E-state index contributed by atoms with van der Waals surface area (Å²) in [6.07, 6.45) is 0. The predicted octanol–water partition coefficient (Wildman–Crippen LogP) is 13.1. The smallest absolute Gasteiger partial charge is 0.0616 e. The van der Waals surface area contributed by atoms with E-state index in [1.54, 1.807) is 0 Å². The summed E-state index contributed by atoms with van der Waals surface area (Å²) in [6.45, 7) is 0. The van der Waals surface area contributed by atoms with E-state index in [0.717, 1.165) is 6.07 Å². The van der Waals surface area contributed by atoms with Gasteiger partial charge in [-0.1, -0.05) is 145 Å². The average molecular weight is 604 g/mol. The van der Waals surface area contributed by atoms with Crippen LogP contribution in [0.2, 0.25) is 0 Å². The van der Waals surface area contributed by atoms with Gasteiger partial charge in [-0.25, -0.2) is 0 Å². The molecule has 46 heavy (non-hydrogen) atoms. The Morgan fingerprint density at radius 3 is 1.54 bits per heavy atom. The van der Waals surface area contributed by atoms with E-state index in [4.69, 9.17) is 17.8 Å². The van der Waals surface area contributed by atoms with E-state index in [1.165, 1.54) is 0 Å². The van der Waals surface area contributed by atoms with Gasteiger partial charge in [0.25, 0.3) is 0 Å². The molecule has 0 heteroatoms. The van der Waals surface area contributed by atoms with Gasteiger partial charge >= 0.3 is 0 Å². The van der Waals surface area contributed by atoms with Crippen molar-refractivity contribution in [1.82, 2.24) is 0 Å². The lowest BCUT2D eigenvalue weighted by molar-refractivity contribution is 1.68. The molecule has 0 nitrogen and oxygen atoms in total. The molecule has 0 unspecified atom stereocenters. The molecule has 0 saturated carbocycles. The van der Waals surface area contributed by atoms with E-state index in [2.05, 4.69) is 0 Å². The highest BCUT2D eigenvalue weighted by Gasteiger charge is 2.18. The standard InChI is InChI=1S/C46H26/c1-2-10-37-27(5-1)11-16-34-25-35(36-21-17-32-14-12-28-6-3-8-30-19-23-39(36)45(32)42(28)30)26-41(44(34)37)38-22-18-33-15-13-29-7-4-9-31-20-24-40(38)46(33)43(29)31/h1-26H/i1D,2D,3D,4D,5D,6D,7D,8D,9D,10D,11D,12D,13D,14D,15D,16D,18D,19D,20D,21D,22D,23D,24D,25D,26D. The SMILES string of the molecule is [2H]c1cc2c([2H])c([2H])c3c([2H])c([2H])c([2H])c4c([2H])c([2H])c(c1-c1c([2H])c(-c5c([2H])c([2H])c6c([2H])c([2H])c7c([2H])c([2H])c([2H])c8c([2H])c([2H])c5c6c78)c5c(c1[2H])c([2H])c([2H])c1c([2H])c([2H])c([2H])c([2H])c15)c2c34. The Balaban J connectivity index is 1.50. The summed E-state index contributed by atoms with van der Waals surface area (Å²) in [7, 11) is 0. The average Bonchev–Trinajstić information content (AvgIpc) is 3.32. The van der Waals surface area contributed by atoms with Crippen LogP contribution >= 0.6 is 0 Å². The first kappa shape index (κ1) is 10.8. The zero-order chi connectivity index (χ0) is 51.7. The van der Waals surface area contributed by atoms with Gasteiger partial charge in [-0.05, 0) is 121 Å².